The van der Waals surface area contributed by atoms with Crippen LogP contribution in [0.25, 0.3) is 65.5 Å². The minimum Gasteiger partial charge on any atom is -0.460 e. The van der Waals surface area contributed by atoms with E-state index in [1.54, 1.807) is 0 Å². The van der Waals surface area contributed by atoms with Gasteiger partial charge in [0.25, 0.3) is 0 Å². The Morgan fingerprint density at radius 3 is 1.66 bits per heavy atom. The molecule has 47 heavy (non-hydrogen) atoms. The van der Waals surface area contributed by atoms with Gasteiger partial charge in [0.1, 0.15) is 30.9 Å². The maximum Gasteiger partial charge on any atom is 0.311 e. The summed E-state index contributed by atoms with van der Waals surface area (Å²) in [5.41, 5.74) is 3.31. The van der Waals surface area contributed by atoms with Crippen molar-refractivity contribution < 1.29 is 9.53 Å². The Kier molecular flexibility index (Phi) is 6.60. The molecule has 222 valence electrons. The molecule has 2 heterocycles. The van der Waals surface area contributed by atoms with E-state index in [-0.39, 0.29) is 35.4 Å². The number of fused-ring (bicyclic) bond motifs is 6. The van der Waals surface area contributed by atoms with Gasteiger partial charge in [-0.05, 0) is 37.0 Å². The summed E-state index contributed by atoms with van der Waals surface area (Å²) in [6, 6.07) is 25.0. The predicted molar refractivity (Wildman–Crippen MR) is 175 cm³/mol. The lowest BCUT2D eigenvalue weighted by Crippen LogP contribution is -2.25. The van der Waals surface area contributed by atoms with Gasteiger partial charge in [-0.25, -0.2) is 19.9 Å². The first-order valence-electron chi connectivity index (χ1n) is 14.8. The van der Waals surface area contributed by atoms with Gasteiger partial charge in [0, 0.05) is 32.3 Å². The van der Waals surface area contributed by atoms with E-state index in [0.29, 0.717) is 50.0 Å². The van der Waals surface area contributed by atoms with Gasteiger partial charge in [-0.2, -0.15) is 21.0 Å². The topological polar surface area (TPSA) is 173 Å². The molecule has 0 fully saturated rings. The highest BCUT2D eigenvalue weighted by Gasteiger charge is 2.27. The molecule has 0 amide bonds. The molecule has 0 aliphatic heterocycles. The Balaban J connectivity index is 1.56. The third-order valence-corrected chi connectivity index (χ3v) is 8.81. The number of nitriles is 4. The van der Waals surface area contributed by atoms with Crippen LogP contribution in [0.1, 0.15) is 55.5 Å². The van der Waals surface area contributed by atoms with Crippen LogP contribution in [0.5, 0.6) is 0 Å². The summed E-state index contributed by atoms with van der Waals surface area (Å²) in [5, 5.41) is 43.5. The lowest BCUT2D eigenvalue weighted by molar-refractivity contribution is -0.155. The monoisotopic (exact) mass is 610 g/mol. The van der Waals surface area contributed by atoms with Crippen LogP contribution >= 0.6 is 0 Å². The van der Waals surface area contributed by atoms with Crippen molar-refractivity contribution in [2.45, 2.75) is 33.8 Å². The first kappa shape index (κ1) is 29.0. The second kappa shape index (κ2) is 10.7. The zero-order valence-corrected chi connectivity index (χ0v) is 25.5. The molecule has 2 aromatic heterocycles. The average molecular weight is 611 g/mol. The number of aromatic nitrogens is 4. The van der Waals surface area contributed by atoms with E-state index in [4.69, 9.17) is 9.72 Å². The van der Waals surface area contributed by atoms with Gasteiger partial charge in [0.2, 0.25) is 0 Å². The molecule has 0 aliphatic rings. The summed E-state index contributed by atoms with van der Waals surface area (Å²) in [5.74, 6) is -0.261. The van der Waals surface area contributed by atoms with Crippen LogP contribution in [0, 0.1) is 50.7 Å². The predicted octanol–water partition coefficient (Wildman–Crippen LogP) is 7.10. The van der Waals surface area contributed by atoms with Crippen LogP contribution in [0.4, 0.5) is 0 Å². The fourth-order valence-electron chi connectivity index (χ4n) is 5.95. The zero-order valence-electron chi connectivity index (χ0n) is 25.5. The molecule has 0 aliphatic carbocycles. The number of benzene rings is 5. The van der Waals surface area contributed by atoms with Crippen molar-refractivity contribution in [3.8, 4) is 35.4 Å². The van der Waals surface area contributed by atoms with Gasteiger partial charge < -0.3 is 4.74 Å². The van der Waals surface area contributed by atoms with Crippen molar-refractivity contribution in [1.82, 2.24) is 19.9 Å². The van der Waals surface area contributed by atoms with Crippen LogP contribution in [0.15, 0.2) is 54.6 Å². The maximum absolute atomic E-state index is 12.5. The van der Waals surface area contributed by atoms with Crippen LogP contribution < -0.4 is 0 Å². The molecule has 0 saturated carbocycles. The number of nitrogens with zero attached hydrogens (tertiary/aromatic N) is 8. The third kappa shape index (κ3) is 4.32. The van der Waals surface area contributed by atoms with E-state index in [1.165, 1.54) is 0 Å². The molecule has 0 unspecified atom stereocenters. The molecule has 10 nitrogen and oxygen atoms in total. The first-order valence-corrected chi connectivity index (χ1v) is 14.8. The number of rotatable bonds is 5. The molecule has 10 heteroatoms. The minimum atomic E-state index is -0.573. The van der Waals surface area contributed by atoms with E-state index in [0.717, 1.165) is 27.5 Å². The van der Waals surface area contributed by atoms with Crippen molar-refractivity contribution in [2.75, 3.05) is 0 Å². The van der Waals surface area contributed by atoms with Crippen LogP contribution in [-0.4, -0.2) is 25.9 Å². The van der Waals surface area contributed by atoms with Crippen LogP contribution in [0.2, 0.25) is 0 Å². The minimum absolute atomic E-state index is 0.0744. The number of hydrogen-bond donors (Lipinski definition) is 0. The van der Waals surface area contributed by atoms with Crippen LogP contribution in [0.3, 0.4) is 0 Å². The SMILES string of the molecule is CCC(C)(C)C(=O)OCc1ccc(-c2ccc3c4nc(C#N)c(C#N)nc4c4cccc5c6nc(C#N)c(C#N)nc6c2c3c45)cc1. The lowest BCUT2D eigenvalue weighted by atomic mass is 9.87. The molecular formula is C37H22N8O2. The number of carbonyl (C=O) groups excluding carboxylic acids is 1. The standard InChI is InChI=1S/C37H22N8O2/c1-4-37(2,3)36(46)47-18-19-8-10-20(11-9-19)21-12-13-24-30-29-22(32-33(24)43-26(15-39)25(14-38)42-32)6-5-7-23(29)34-35(31(21)30)45-28(17-41)27(16-40)44-34/h5-13H,4,18H2,1-3H3. The number of carbonyl (C=O) groups is 1. The third-order valence-electron chi connectivity index (χ3n) is 8.81. The molecule has 0 spiro atoms. The highest BCUT2D eigenvalue weighted by atomic mass is 16.5. The second-order valence-electron chi connectivity index (χ2n) is 11.8. The average Bonchev–Trinajstić information content (AvgIpc) is 3.12. The zero-order chi connectivity index (χ0) is 33.0. The molecule has 7 aromatic rings. The number of ether oxygens (including phenoxy) is 1. The van der Waals surface area contributed by atoms with Gasteiger partial charge in [-0.1, -0.05) is 61.5 Å². The Bertz CT molecular complexity index is 2640. The molecule has 0 radical (unpaired) electrons. The van der Waals surface area contributed by atoms with Crippen molar-refractivity contribution >= 4 is 60.4 Å². The fourth-order valence-corrected chi connectivity index (χ4v) is 5.95. The molecular weight excluding hydrogens is 588 g/mol. The summed E-state index contributed by atoms with van der Waals surface area (Å²) in [7, 11) is 0. The van der Waals surface area contributed by atoms with E-state index in [2.05, 4.69) is 15.0 Å². The molecule has 0 N–H and O–H groups in total. The molecule has 0 saturated heterocycles. The quantitative estimate of drug-likeness (QED) is 0.111. The van der Waals surface area contributed by atoms with E-state index in [9.17, 15) is 25.8 Å². The number of hydrogen-bond acceptors (Lipinski definition) is 10. The van der Waals surface area contributed by atoms with Gasteiger partial charge in [-0.15, -0.1) is 0 Å². The van der Waals surface area contributed by atoms with Gasteiger partial charge >= 0.3 is 5.97 Å². The molecule has 0 bridgehead atoms. The van der Waals surface area contributed by atoms with E-state index < -0.39 is 5.41 Å². The second-order valence-corrected chi connectivity index (χ2v) is 11.8. The summed E-state index contributed by atoms with van der Waals surface area (Å²) in [6.07, 6.45) is 0.665. The van der Waals surface area contributed by atoms with Gasteiger partial charge in [0.05, 0.1) is 27.5 Å². The Morgan fingerprint density at radius 2 is 1.15 bits per heavy atom. The summed E-state index contributed by atoms with van der Waals surface area (Å²) >= 11 is 0. The van der Waals surface area contributed by atoms with Gasteiger partial charge in [0.15, 0.2) is 22.8 Å². The molecule has 0 atom stereocenters. The van der Waals surface area contributed by atoms with Crippen LogP contribution in [-0.2, 0) is 16.1 Å². The first-order chi connectivity index (χ1) is 22.7. The van der Waals surface area contributed by atoms with E-state index in [1.807, 2.05) is 99.6 Å². The lowest BCUT2D eigenvalue weighted by Gasteiger charge is -2.20. The summed E-state index contributed by atoms with van der Waals surface area (Å²) in [4.78, 5) is 31.1. The Hall–Kier alpha value is -6.75. The summed E-state index contributed by atoms with van der Waals surface area (Å²) in [6.45, 7) is 5.79. The maximum atomic E-state index is 12.5. The summed E-state index contributed by atoms with van der Waals surface area (Å²) < 4.78 is 5.59. The van der Waals surface area contributed by atoms with Crippen molar-refractivity contribution in [1.29, 1.82) is 21.0 Å². The smallest absolute Gasteiger partial charge is 0.311 e. The Labute approximate surface area is 268 Å². The highest BCUT2D eigenvalue weighted by molar-refractivity contribution is 6.40. The fraction of sp³-hybridized carbons (Fsp3) is 0.162. The number of esters is 1. The molecule has 5 aromatic carbocycles. The van der Waals surface area contributed by atoms with E-state index >= 15 is 0 Å². The normalized spacial score (nSPS) is 11.5. The molecule has 7 rings (SSSR count). The Morgan fingerprint density at radius 1 is 0.660 bits per heavy atom. The highest BCUT2D eigenvalue weighted by Crippen LogP contribution is 2.46. The van der Waals surface area contributed by atoms with Gasteiger partial charge in [-0.3, -0.25) is 4.79 Å². The largest absolute Gasteiger partial charge is 0.460 e. The van der Waals surface area contributed by atoms with Crippen molar-refractivity contribution in [2.24, 2.45) is 5.41 Å². The van der Waals surface area contributed by atoms with Crippen molar-refractivity contribution in [3.63, 3.8) is 0 Å². The van der Waals surface area contributed by atoms with Crippen molar-refractivity contribution in [3.05, 3.63) is 82.9 Å².